The molecule has 0 aromatic heterocycles. The van der Waals surface area contributed by atoms with E-state index in [4.69, 9.17) is 5.73 Å². The van der Waals surface area contributed by atoms with Crippen molar-refractivity contribution in [2.45, 2.75) is 57.7 Å². The van der Waals surface area contributed by atoms with Gasteiger partial charge in [-0.3, -0.25) is 9.59 Å². The molecule has 0 aliphatic carbocycles. The highest BCUT2D eigenvalue weighted by Gasteiger charge is 2.37. The smallest absolute Gasteiger partial charge is 0.326 e. The maximum atomic E-state index is 12.8. The largest absolute Gasteiger partial charge is 0.508 e. The first-order chi connectivity index (χ1) is 13.2. The summed E-state index contributed by atoms with van der Waals surface area (Å²) in [6, 6.07) is 3.95. The Labute approximate surface area is 164 Å². The van der Waals surface area contributed by atoms with Gasteiger partial charge in [0, 0.05) is 6.54 Å². The van der Waals surface area contributed by atoms with E-state index in [-0.39, 0.29) is 24.0 Å². The van der Waals surface area contributed by atoms with Crippen molar-refractivity contribution in [3.63, 3.8) is 0 Å². The Kier molecular flexibility index (Phi) is 7.39. The van der Waals surface area contributed by atoms with Crippen LogP contribution in [-0.2, 0) is 20.8 Å². The van der Waals surface area contributed by atoms with E-state index in [1.54, 1.807) is 12.1 Å². The van der Waals surface area contributed by atoms with Crippen molar-refractivity contribution in [2.24, 2.45) is 11.7 Å². The predicted molar refractivity (Wildman–Crippen MR) is 104 cm³/mol. The molecular formula is C20H29N3O5. The summed E-state index contributed by atoms with van der Waals surface area (Å²) >= 11 is 0. The number of nitrogens with two attached hydrogens (primary N) is 1. The van der Waals surface area contributed by atoms with Crippen LogP contribution in [0.15, 0.2) is 24.3 Å². The lowest BCUT2D eigenvalue weighted by Gasteiger charge is -2.28. The maximum absolute atomic E-state index is 12.8. The molecule has 8 nitrogen and oxygen atoms in total. The van der Waals surface area contributed by atoms with Crippen LogP contribution >= 0.6 is 0 Å². The van der Waals surface area contributed by atoms with Gasteiger partial charge in [0.1, 0.15) is 17.8 Å². The third kappa shape index (κ3) is 5.69. The molecule has 1 aliphatic rings. The van der Waals surface area contributed by atoms with Gasteiger partial charge >= 0.3 is 5.97 Å². The zero-order valence-electron chi connectivity index (χ0n) is 16.3. The molecule has 1 heterocycles. The molecule has 0 radical (unpaired) electrons. The van der Waals surface area contributed by atoms with Crippen LogP contribution in [0.1, 0.15) is 38.7 Å². The Morgan fingerprint density at radius 3 is 2.46 bits per heavy atom. The van der Waals surface area contributed by atoms with Crippen LogP contribution in [-0.4, -0.2) is 57.6 Å². The van der Waals surface area contributed by atoms with Crippen molar-refractivity contribution < 1.29 is 24.6 Å². The molecule has 1 saturated heterocycles. The van der Waals surface area contributed by atoms with Crippen LogP contribution in [0.3, 0.4) is 0 Å². The molecule has 1 aromatic rings. The van der Waals surface area contributed by atoms with Crippen molar-refractivity contribution in [2.75, 3.05) is 6.54 Å². The number of phenolic OH excluding ortho intramolecular Hbond substituents is 1. The maximum Gasteiger partial charge on any atom is 0.326 e. The Bertz CT molecular complexity index is 704. The summed E-state index contributed by atoms with van der Waals surface area (Å²) in [5.41, 5.74) is 6.87. The average molecular weight is 391 g/mol. The van der Waals surface area contributed by atoms with Gasteiger partial charge in [0.25, 0.3) is 0 Å². The van der Waals surface area contributed by atoms with Crippen LogP contribution in [0.25, 0.3) is 0 Å². The third-order valence-corrected chi connectivity index (χ3v) is 4.87. The van der Waals surface area contributed by atoms with Gasteiger partial charge in [-0.25, -0.2) is 4.79 Å². The number of benzene rings is 1. The Balaban J connectivity index is 2.01. The summed E-state index contributed by atoms with van der Waals surface area (Å²) in [7, 11) is 0. The van der Waals surface area contributed by atoms with Gasteiger partial charge in [0.2, 0.25) is 11.8 Å². The topological polar surface area (TPSA) is 133 Å². The van der Waals surface area contributed by atoms with Gasteiger partial charge < -0.3 is 26.2 Å². The first-order valence-electron chi connectivity index (χ1n) is 9.56. The molecule has 1 aromatic carbocycles. The fourth-order valence-corrected chi connectivity index (χ4v) is 3.45. The minimum Gasteiger partial charge on any atom is -0.508 e. The van der Waals surface area contributed by atoms with E-state index in [1.807, 2.05) is 13.8 Å². The standard InChI is InChI=1S/C20H29N3O5/c1-12(2)10-16(20(27)28)22-18(25)17-4-3-9-23(17)19(26)15(21)11-13-5-7-14(24)8-6-13/h5-8,12,15-17,24H,3-4,9-11,21H2,1-2H3,(H,22,25)(H,27,28). The fraction of sp³-hybridized carbons (Fsp3) is 0.550. The lowest BCUT2D eigenvalue weighted by molar-refractivity contribution is -0.144. The summed E-state index contributed by atoms with van der Waals surface area (Å²) in [6.45, 7) is 4.19. The normalized spacial score (nSPS) is 18.7. The van der Waals surface area contributed by atoms with Crippen molar-refractivity contribution >= 4 is 17.8 Å². The molecule has 0 bridgehead atoms. The van der Waals surface area contributed by atoms with E-state index in [1.165, 1.54) is 17.0 Å². The number of carbonyl (C=O) groups is 3. The molecule has 3 unspecified atom stereocenters. The number of carboxylic acid groups (broad SMARTS) is 1. The molecule has 3 atom stereocenters. The quantitative estimate of drug-likeness (QED) is 0.520. The molecular weight excluding hydrogens is 362 g/mol. The van der Waals surface area contributed by atoms with E-state index in [0.717, 1.165) is 5.56 Å². The van der Waals surface area contributed by atoms with E-state index < -0.39 is 30.0 Å². The second-order valence-electron chi connectivity index (χ2n) is 7.70. The van der Waals surface area contributed by atoms with E-state index in [9.17, 15) is 24.6 Å². The summed E-state index contributed by atoms with van der Waals surface area (Å²) in [5, 5.41) is 21.2. The highest BCUT2D eigenvalue weighted by atomic mass is 16.4. The molecule has 28 heavy (non-hydrogen) atoms. The second-order valence-corrected chi connectivity index (χ2v) is 7.70. The fourth-order valence-electron chi connectivity index (χ4n) is 3.45. The van der Waals surface area contributed by atoms with E-state index >= 15 is 0 Å². The van der Waals surface area contributed by atoms with Gasteiger partial charge in [-0.2, -0.15) is 0 Å². The zero-order valence-corrected chi connectivity index (χ0v) is 16.3. The first kappa shape index (κ1) is 21.7. The molecule has 154 valence electrons. The Morgan fingerprint density at radius 2 is 1.89 bits per heavy atom. The first-order valence-corrected chi connectivity index (χ1v) is 9.56. The van der Waals surface area contributed by atoms with Crippen molar-refractivity contribution in [1.82, 2.24) is 10.2 Å². The zero-order chi connectivity index (χ0) is 20.8. The minimum atomic E-state index is -1.08. The van der Waals surface area contributed by atoms with Crippen LogP contribution in [0.4, 0.5) is 0 Å². The van der Waals surface area contributed by atoms with Crippen LogP contribution in [0.2, 0.25) is 0 Å². The monoisotopic (exact) mass is 391 g/mol. The predicted octanol–water partition coefficient (Wildman–Crippen LogP) is 0.869. The number of hydrogen-bond acceptors (Lipinski definition) is 5. The van der Waals surface area contributed by atoms with E-state index in [0.29, 0.717) is 25.8 Å². The molecule has 8 heteroatoms. The van der Waals surface area contributed by atoms with Crippen LogP contribution in [0, 0.1) is 5.92 Å². The Morgan fingerprint density at radius 1 is 1.25 bits per heavy atom. The summed E-state index contributed by atoms with van der Waals surface area (Å²) in [5.74, 6) is -1.62. The molecule has 1 fully saturated rings. The number of aliphatic carboxylic acids is 1. The molecule has 0 spiro atoms. The number of carbonyl (C=O) groups excluding carboxylic acids is 2. The number of rotatable bonds is 8. The molecule has 1 aliphatic heterocycles. The highest BCUT2D eigenvalue weighted by Crippen LogP contribution is 2.20. The summed E-state index contributed by atoms with van der Waals surface area (Å²) in [6.07, 6.45) is 1.76. The second kappa shape index (κ2) is 9.54. The molecule has 5 N–H and O–H groups in total. The number of nitrogens with zero attached hydrogens (tertiary/aromatic N) is 1. The number of nitrogens with one attached hydrogen (secondary N) is 1. The number of likely N-dealkylation sites (tertiary alicyclic amines) is 1. The average Bonchev–Trinajstić information content (AvgIpc) is 3.11. The van der Waals surface area contributed by atoms with Crippen LogP contribution < -0.4 is 11.1 Å². The van der Waals surface area contributed by atoms with Gasteiger partial charge in [0.05, 0.1) is 6.04 Å². The van der Waals surface area contributed by atoms with Crippen molar-refractivity contribution in [3.05, 3.63) is 29.8 Å². The number of carboxylic acids is 1. The molecule has 2 amide bonds. The molecule has 0 saturated carbocycles. The van der Waals surface area contributed by atoms with Gasteiger partial charge in [0.15, 0.2) is 0 Å². The third-order valence-electron chi connectivity index (χ3n) is 4.87. The van der Waals surface area contributed by atoms with Crippen molar-refractivity contribution in [3.8, 4) is 5.75 Å². The summed E-state index contributed by atoms with van der Waals surface area (Å²) in [4.78, 5) is 38.3. The number of phenols is 1. The van der Waals surface area contributed by atoms with E-state index in [2.05, 4.69) is 5.32 Å². The Hall–Kier alpha value is -2.61. The number of aromatic hydroxyl groups is 1. The molecule has 2 rings (SSSR count). The van der Waals surface area contributed by atoms with Crippen molar-refractivity contribution in [1.29, 1.82) is 0 Å². The summed E-state index contributed by atoms with van der Waals surface area (Å²) < 4.78 is 0. The lowest BCUT2D eigenvalue weighted by Crippen LogP contribution is -2.54. The number of amides is 2. The lowest BCUT2D eigenvalue weighted by atomic mass is 10.0. The van der Waals surface area contributed by atoms with Gasteiger partial charge in [-0.1, -0.05) is 26.0 Å². The van der Waals surface area contributed by atoms with Gasteiger partial charge in [-0.15, -0.1) is 0 Å². The number of hydrogen-bond donors (Lipinski definition) is 4. The van der Waals surface area contributed by atoms with Gasteiger partial charge in [-0.05, 0) is 49.3 Å². The SMILES string of the molecule is CC(C)CC(NC(=O)C1CCCN1C(=O)C(N)Cc1ccc(O)cc1)C(=O)O. The van der Waals surface area contributed by atoms with Crippen LogP contribution in [0.5, 0.6) is 5.75 Å². The highest BCUT2D eigenvalue weighted by molar-refractivity contribution is 5.92. The minimum absolute atomic E-state index is 0.112.